The number of aromatic nitrogens is 1. The van der Waals surface area contributed by atoms with Crippen LogP contribution >= 0.6 is 15.9 Å². The van der Waals surface area contributed by atoms with E-state index in [1.807, 2.05) is 0 Å². The minimum Gasteiger partial charge on any atom is -0.619 e. The molecule has 13 heavy (non-hydrogen) atoms. The minimum atomic E-state index is -0.511. The summed E-state index contributed by atoms with van der Waals surface area (Å²) in [7, 11) is 1.28. The number of carbonyl (C=O) groups excluding carboxylic acids is 1. The molecule has 1 rings (SSSR count). The molecule has 0 amide bonds. The molecule has 4 nitrogen and oxygen atoms in total. The lowest BCUT2D eigenvalue weighted by Gasteiger charge is -2.04. The Balaban J connectivity index is 3.28. The van der Waals surface area contributed by atoms with Crippen LogP contribution in [0.3, 0.4) is 0 Å². The molecule has 0 spiro atoms. The molecule has 0 saturated heterocycles. The summed E-state index contributed by atoms with van der Waals surface area (Å²) in [5.41, 5.74) is 0.964. The van der Waals surface area contributed by atoms with Crippen LogP contribution in [0, 0.1) is 12.1 Å². The lowest BCUT2D eigenvalue weighted by atomic mass is 10.2. The summed E-state index contributed by atoms with van der Waals surface area (Å²) in [6, 6.07) is 0. The van der Waals surface area contributed by atoms with Gasteiger partial charge >= 0.3 is 5.97 Å². The quantitative estimate of drug-likeness (QED) is 0.424. The van der Waals surface area contributed by atoms with Crippen molar-refractivity contribution in [3.8, 4) is 0 Å². The van der Waals surface area contributed by atoms with Crippen molar-refractivity contribution in [2.24, 2.45) is 0 Å². The van der Waals surface area contributed by atoms with E-state index in [9.17, 15) is 10.0 Å². The summed E-state index contributed by atoms with van der Waals surface area (Å²) in [5, 5.41) is 11.0. The summed E-state index contributed by atoms with van der Waals surface area (Å²) in [6.07, 6.45) is 2.52. The predicted molar refractivity (Wildman–Crippen MR) is 49.2 cm³/mol. The molecule has 0 fully saturated rings. The average molecular weight is 246 g/mol. The molecule has 1 heterocycles. The molecular weight excluding hydrogens is 238 g/mol. The molecule has 0 saturated carbocycles. The van der Waals surface area contributed by atoms with Gasteiger partial charge in [0.2, 0.25) is 0 Å². The van der Waals surface area contributed by atoms with Crippen LogP contribution in [-0.2, 0) is 4.74 Å². The third kappa shape index (κ3) is 1.98. The van der Waals surface area contributed by atoms with E-state index in [2.05, 4.69) is 20.7 Å². The SMILES string of the molecule is COC(=O)c1c[n+]([O-])cc(Br)c1C. The number of rotatable bonds is 1. The number of nitrogens with zero attached hydrogens (tertiary/aromatic N) is 1. The van der Waals surface area contributed by atoms with Gasteiger partial charge in [-0.05, 0) is 28.4 Å². The molecule has 0 N–H and O–H groups in total. The second-order valence-electron chi connectivity index (χ2n) is 2.50. The summed E-state index contributed by atoms with van der Waals surface area (Å²) in [6.45, 7) is 1.73. The third-order valence-electron chi connectivity index (χ3n) is 1.66. The van der Waals surface area contributed by atoms with Crippen molar-refractivity contribution in [1.82, 2.24) is 0 Å². The van der Waals surface area contributed by atoms with Gasteiger partial charge in [-0.2, -0.15) is 4.73 Å². The zero-order valence-corrected chi connectivity index (χ0v) is 8.79. The van der Waals surface area contributed by atoms with E-state index >= 15 is 0 Å². The van der Waals surface area contributed by atoms with Crippen LogP contribution in [0.25, 0.3) is 0 Å². The average Bonchev–Trinajstić information content (AvgIpc) is 2.10. The van der Waals surface area contributed by atoms with Gasteiger partial charge in [0.25, 0.3) is 0 Å². The molecular formula is C8H8BrNO3. The van der Waals surface area contributed by atoms with E-state index < -0.39 is 5.97 Å². The molecule has 1 aromatic heterocycles. The number of carbonyl (C=O) groups is 1. The van der Waals surface area contributed by atoms with Crippen LogP contribution in [0.5, 0.6) is 0 Å². The summed E-state index contributed by atoms with van der Waals surface area (Å²) >= 11 is 3.17. The molecule has 5 heteroatoms. The fourth-order valence-electron chi connectivity index (χ4n) is 0.914. The van der Waals surface area contributed by atoms with Gasteiger partial charge in [0.05, 0.1) is 11.6 Å². The van der Waals surface area contributed by atoms with Crippen LogP contribution in [0.4, 0.5) is 0 Å². The number of ether oxygens (including phenoxy) is 1. The standard InChI is InChI=1S/C8H8BrNO3/c1-5-6(8(11)13-2)3-10(12)4-7(5)9/h3-4H,1-2H3. The Kier molecular flexibility index (Phi) is 2.87. The van der Waals surface area contributed by atoms with Crippen molar-refractivity contribution in [3.63, 3.8) is 0 Å². The molecule has 0 bridgehead atoms. The number of hydrogen-bond acceptors (Lipinski definition) is 3. The first-order valence-electron chi connectivity index (χ1n) is 3.53. The van der Waals surface area contributed by atoms with Gasteiger partial charge in [-0.15, -0.1) is 0 Å². The second kappa shape index (κ2) is 3.74. The Morgan fingerprint density at radius 1 is 1.62 bits per heavy atom. The zero-order valence-electron chi connectivity index (χ0n) is 7.20. The summed E-state index contributed by atoms with van der Waals surface area (Å²) in [5.74, 6) is -0.511. The lowest BCUT2D eigenvalue weighted by molar-refractivity contribution is -0.606. The van der Waals surface area contributed by atoms with Crippen LogP contribution in [0.2, 0.25) is 0 Å². The van der Waals surface area contributed by atoms with Crippen molar-refractivity contribution in [1.29, 1.82) is 0 Å². The van der Waals surface area contributed by atoms with Crippen molar-refractivity contribution in [3.05, 3.63) is 33.2 Å². The monoisotopic (exact) mass is 245 g/mol. The van der Waals surface area contributed by atoms with Gasteiger partial charge in [-0.3, -0.25) is 0 Å². The Morgan fingerprint density at radius 3 is 2.77 bits per heavy atom. The highest BCUT2D eigenvalue weighted by Gasteiger charge is 2.15. The highest BCUT2D eigenvalue weighted by Crippen LogP contribution is 2.17. The number of halogens is 1. The maximum atomic E-state index is 11.1. The van der Waals surface area contributed by atoms with E-state index in [1.165, 1.54) is 19.5 Å². The molecule has 1 aromatic rings. The Bertz CT molecular complexity index is 351. The fourth-order valence-corrected chi connectivity index (χ4v) is 1.33. The molecule has 0 aliphatic heterocycles. The third-order valence-corrected chi connectivity index (χ3v) is 2.46. The summed E-state index contributed by atoms with van der Waals surface area (Å²) in [4.78, 5) is 11.1. The fraction of sp³-hybridized carbons (Fsp3) is 0.250. The van der Waals surface area contributed by atoms with Crippen LogP contribution in [0.15, 0.2) is 16.9 Å². The molecule has 0 aliphatic rings. The van der Waals surface area contributed by atoms with Gasteiger partial charge < -0.3 is 9.94 Å². The lowest BCUT2D eigenvalue weighted by Crippen LogP contribution is -2.27. The van der Waals surface area contributed by atoms with Gasteiger partial charge in [0.1, 0.15) is 5.56 Å². The Labute approximate surface area is 83.8 Å². The maximum Gasteiger partial charge on any atom is 0.344 e. The largest absolute Gasteiger partial charge is 0.619 e. The molecule has 0 unspecified atom stereocenters. The van der Waals surface area contributed by atoms with Gasteiger partial charge in [-0.25, -0.2) is 4.79 Å². The highest BCUT2D eigenvalue weighted by molar-refractivity contribution is 9.10. The highest BCUT2D eigenvalue weighted by atomic mass is 79.9. The smallest absolute Gasteiger partial charge is 0.344 e. The van der Waals surface area contributed by atoms with Crippen LogP contribution < -0.4 is 4.73 Å². The first kappa shape index (κ1) is 9.98. The minimum absolute atomic E-state index is 0.270. The van der Waals surface area contributed by atoms with E-state index in [0.29, 0.717) is 14.8 Å². The first-order chi connectivity index (χ1) is 6.06. The zero-order chi connectivity index (χ0) is 10.0. The number of hydrogen-bond donors (Lipinski definition) is 0. The van der Waals surface area contributed by atoms with Crippen molar-refractivity contribution >= 4 is 21.9 Å². The molecule has 0 radical (unpaired) electrons. The molecule has 70 valence electrons. The van der Waals surface area contributed by atoms with Crippen LogP contribution in [0.1, 0.15) is 15.9 Å². The number of esters is 1. The van der Waals surface area contributed by atoms with Crippen molar-refractivity contribution < 1.29 is 14.3 Å². The molecule has 0 atom stereocenters. The molecule has 0 aromatic carbocycles. The second-order valence-corrected chi connectivity index (χ2v) is 3.35. The molecule has 0 aliphatic carbocycles. The van der Waals surface area contributed by atoms with E-state index in [1.54, 1.807) is 6.92 Å². The van der Waals surface area contributed by atoms with Crippen molar-refractivity contribution in [2.75, 3.05) is 7.11 Å². The Hall–Kier alpha value is -1.10. The van der Waals surface area contributed by atoms with Gasteiger partial charge in [0.15, 0.2) is 12.4 Å². The number of methoxy groups -OCH3 is 1. The number of pyridine rings is 1. The topological polar surface area (TPSA) is 53.2 Å². The predicted octanol–water partition coefficient (Wildman–Crippen LogP) is 1.18. The van der Waals surface area contributed by atoms with E-state index in [-0.39, 0.29) is 5.56 Å². The van der Waals surface area contributed by atoms with Gasteiger partial charge in [-0.1, -0.05) is 0 Å². The Morgan fingerprint density at radius 2 is 2.23 bits per heavy atom. The maximum absolute atomic E-state index is 11.1. The normalized spacial score (nSPS) is 9.77. The van der Waals surface area contributed by atoms with Gasteiger partial charge in [0, 0.05) is 0 Å². The first-order valence-corrected chi connectivity index (χ1v) is 4.32. The van der Waals surface area contributed by atoms with E-state index in [4.69, 9.17) is 0 Å². The van der Waals surface area contributed by atoms with Crippen LogP contribution in [-0.4, -0.2) is 13.1 Å². The van der Waals surface area contributed by atoms with E-state index in [0.717, 1.165) is 0 Å². The van der Waals surface area contributed by atoms with Crippen molar-refractivity contribution in [2.45, 2.75) is 6.92 Å². The summed E-state index contributed by atoms with van der Waals surface area (Å²) < 4.78 is 5.66.